The second-order valence-corrected chi connectivity index (χ2v) is 5.17. The maximum Gasteiger partial charge on any atom is 0.433 e. The van der Waals surface area contributed by atoms with Crippen molar-refractivity contribution in [3.8, 4) is 0 Å². The number of amides is 1. The van der Waals surface area contributed by atoms with Gasteiger partial charge in [-0.1, -0.05) is 0 Å². The number of rotatable bonds is 4. The molecule has 0 radical (unpaired) electrons. The van der Waals surface area contributed by atoms with Gasteiger partial charge in [0.25, 0.3) is 5.91 Å². The van der Waals surface area contributed by atoms with Gasteiger partial charge in [-0.15, -0.1) is 0 Å². The van der Waals surface area contributed by atoms with Crippen molar-refractivity contribution in [3.05, 3.63) is 23.4 Å². The van der Waals surface area contributed by atoms with Crippen molar-refractivity contribution in [2.24, 2.45) is 11.7 Å². The number of hydrogen-bond donors (Lipinski definition) is 3. The third-order valence-corrected chi connectivity index (χ3v) is 3.52. The lowest BCUT2D eigenvalue weighted by Crippen LogP contribution is -2.21. The number of aromatic nitrogens is 1. The van der Waals surface area contributed by atoms with Crippen molar-refractivity contribution in [2.45, 2.75) is 31.5 Å². The van der Waals surface area contributed by atoms with Gasteiger partial charge >= 0.3 is 6.18 Å². The standard InChI is InChI=1S/C13H16F3N3O2/c14-13(15,16)10-4-3-9(11(17)21)12(19-10)18-6-7-1-2-8(20)5-7/h3-4,7-8,20H,1-2,5-6H2,(H2,17,21)(H,18,19). The minimum absolute atomic E-state index is 0.0819. The number of aliphatic hydroxyl groups is 1. The van der Waals surface area contributed by atoms with E-state index in [-0.39, 0.29) is 23.4 Å². The van der Waals surface area contributed by atoms with E-state index in [1.165, 1.54) is 0 Å². The zero-order chi connectivity index (χ0) is 15.6. The van der Waals surface area contributed by atoms with Crippen LogP contribution >= 0.6 is 0 Å². The van der Waals surface area contributed by atoms with Crippen molar-refractivity contribution >= 4 is 11.7 Å². The highest BCUT2D eigenvalue weighted by Gasteiger charge is 2.33. The fourth-order valence-electron chi connectivity index (χ4n) is 2.43. The van der Waals surface area contributed by atoms with E-state index in [0.717, 1.165) is 18.6 Å². The molecular formula is C13H16F3N3O2. The van der Waals surface area contributed by atoms with Crippen molar-refractivity contribution < 1.29 is 23.1 Å². The number of hydrogen-bond acceptors (Lipinski definition) is 4. The number of carbonyl (C=O) groups excluding carboxylic acids is 1. The summed E-state index contributed by atoms with van der Waals surface area (Å²) in [5, 5.41) is 12.2. The van der Waals surface area contributed by atoms with E-state index in [2.05, 4.69) is 10.3 Å². The molecule has 1 heterocycles. The molecule has 2 rings (SSSR count). The number of alkyl halides is 3. The van der Waals surface area contributed by atoms with Gasteiger partial charge in [0, 0.05) is 6.54 Å². The number of carbonyl (C=O) groups is 1. The van der Waals surface area contributed by atoms with E-state index in [9.17, 15) is 23.1 Å². The highest BCUT2D eigenvalue weighted by atomic mass is 19.4. The van der Waals surface area contributed by atoms with Gasteiger partial charge < -0.3 is 16.2 Å². The van der Waals surface area contributed by atoms with Gasteiger partial charge in [0.15, 0.2) is 0 Å². The van der Waals surface area contributed by atoms with E-state index in [0.29, 0.717) is 19.4 Å². The van der Waals surface area contributed by atoms with Gasteiger partial charge in [-0.05, 0) is 37.3 Å². The molecule has 116 valence electrons. The summed E-state index contributed by atoms with van der Waals surface area (Å²) in [6.45, 7) is 0.339. The molecule has 1 aliphatic carbocycles. The molecule has 5 nitrogen and oxygen atoms in total. The first-order chi connectivity index (χ1) is 9.77. The van der Waals surface area contributed by atoms with Crippen LogP contribution < -0.4 is 11.1 Å². The maximum atomic E-state index is 12.7. The first-order valence-electron chi connectivity index (χ1n) is 6.57. The molecule has 2 atom stereocenters. The number of aliphatic hydroxyl groups excluding tert-OH is 1. The molecule has 8 heteroatoms. The molecule has 0 saturated heterocycles. The van der Waals surface area contributed by atoms with E-state index in [1.807, 2.05) is 0 Å². The van der Waals surface area contributed by atoms with Gasteiger partial charge in [-0.2, -0.15) is 13.2 Å². The van der Waals surface area contributed by atoms with Crippen molar-refractivity contribution in [1.82, 2.24) is 4.98 Å². The molecule has 1 saturated carbocycles. The summed E-state index contributed by atoms with van der Waals surface area (Å²) < 4.78 is 38.0. The molecule has 4 N–H and O–H groups in total. The Balaban J connectivity index is 2.16. The van der Waals surface area contributed by atoms with Crippen LogP contribution in [0, 0.1) is 5.92 Å². The first-order valence-corrected chi connectivity index (χ1v) is 6.57. The number of pyridine rings is 1. The Morgan fingerprint density at radius 1 is 1.43 bits per heavy atom. The van der Waals surface area contributed by atoms with E-state index in [4.69, 9.17) is 5.73 Å². The molecule has 1 aliphatic rings. The quantitative estimate of drug-likeness (QED) is 0.791. The van der Waals surface area contributed by atoms with Gasteiger partial charge in [0.1, 0.15) is 11.5 Å². The van der Waals surface area contributed by atoms with Crippen LogP contribution in [-0.4, -0.2) is 28.6 Å². The Labute approximate surface area is 119 Å². The summed E-state index contributed by atoms with van der Waals surface area (Å²) >= 11 is 0. The number of halogens is 3. The topological polar surface area (TPSA) is 88.2 Å². The van der Waals surface area contributed by atoms with E-state index in [1.54, 1.807) is 0 Å². The highest BCUT2D eigenvalue weighted by Crippen LogP contribution is 2.30. The van der Waals surface area contributed by atoms with Crippen molar-refractivity contribution in [3.63, 3.8) is 0 Å². The monoisotopic (exact) mass is 303 g/mol. The average Bonchev–Trinajstić information content (AvgIpc) is 2.80. The minimum atomic E-state index is -4.59. The van der Waals surface area contributed by atoms with E-state index < -0.39 is 17.8 Å². The lowest BCUT2D eigenvalue weighted by molar-refractivity contribution is -0.141. The summed E-state index contributed by atoms with van der Waals surface area (Å²) in [5.74, 6) is -0.874. The number of primary amides is 1. The van der Waals surface area contributed by atoms with Crippen LogP contribution in [0.25, 0.3) is 0 Å². The van der Waals surface area contributed by atoms with Crippen LogP contribution in [0.1, 0.15) is 35.3 Å². The number of nitrogens with one attached hydrogen (secondary N) is 1. The number of nitrogens with two attached hydrogens (primary N) is 1. The van der Waals surface area contributed by atoms with Crippen LogP contribution in [0.4, 0.5) is 19.0 Å². The minimum Gasteiger partial charge on any atom is -0.393 e. The van der Waals surface area contributed by atoms with Gasteiger partial charge in [0.05, 0.1) is 11.7 Å². The highest BCUT2D eigenvalue weighted by molar-refractivity contribution is 5.97. The SMILES string of the molecule is NC(=O)c1ccc(C(F)(F)F)nc1NCC1CCC(O)C1. The van der Waals surface area contributed by atoms with E-state index >= 15 is 0 Å². The zero-order valence-electron chi connectivity index (χ0n) is 11.2. The summed E-state index contributed by atoms with van der Waals surface area (Å²) in [6, 6.07) is 1.74. The maximum absolute atomic E-state index is 12.7. The second-order valence-electron chi connectivity index (χ2n) is 5.17. The molecule has 1 aromatic rings. The molecule has 21 heavy (non-hydrogen) atoms. The summed E-state index contributed by atoms with van der Waals surface area (Å²) in [4.78, 5) is 14.7. The lowest BCUT2D eigenvalue weighted by Gasteiger charge is -2.15. The molecule has 1 aromatic heterocycles. The normalized spacial score (nSPS) is 22.3. The summed E-state index contributed by atoms with van der Waals surface area (Å²) in [7, 11) is 0. The fraction of sp³-hybridized carbons (Fsp3) is 0.538. The fourth-order valence-corrected chi connectivity index (χ4v) is 2.43. The first kappa shape index (κ1) is 15.6. The smallest absolute Gasteiger partial charge is 0.393 e. The van der Waals surface area contributed by atoms with Crippen LogP contribution in [0.2, 0.25) is 0 Å². The Morgan fingerprint density at radius 3 is 2.67 bits per heavy atom. The van der Waals surface area contributed by atoms with Crippen molar-refractivity contribution in [1.29, 1.82) is 0 Å². The second kappa shape index (κ2) is 5.88. The predicted molar refractivity (Wildman–Crippen MR) is 69.6 cm³/mol. The third-order valence-electron chi connectivity index (χ3n) is 3.52. The molecule has 1 fully saturated rings. The Kier molecular flexibility index (Phi) is 4.36. The van der Waals surface area contributed by atoms with Crippen LogP contribution in [0.5, 0.6) is 0 Å². The van der Waals surface area contributed by atoms with Crippen LogP contribution in [-0.2, 0) is 6.18 Å². The van der Waals surface area contributed by atoms with Gasteiger partial charge in [-0.25, -0.2) is 4.98 Å². The molecule has 1 amide bonds. The Bertz CT molecular complexity index is 534. The van der Waals surface area contributed by atoms with Crippen molar-refractivity contribution in [2.75, 3.05) is 11.9 Å². The van der Waals surface area contributed by atoms with Gasteiger partial charge in [-0.3, -0.25) is 4.79 Å². The molecule has 0 aliphatic heterocycles. The van der Waals surface area contributed by atoms with Crippen LogP contribution in [0.3, 0.4) is 0 Å². The van der Waals surface area contributed by atoms with Crippen LogP contribution in [0.15, 0.2) is 12.1 Å². The lowest BCUT2D eigenvalue weighted by atomic mass is 10.1. The Hall–Kier alpha value is -1.83. The summed E-state index contributed by atoms with van der Waals surface area (Å²) in [5.41, 5.74) is 3.98. The molecule has 0 bridgehead atoms. The molecule has 0 spiro atoms. The predicted octanol–water partition coefficient (Wildman–Crippen LogP) is 1.77. The summed E-state index contributed by atoms with van der Waals surface area (Å²) in [6.07, 6.45) is -2.93. The zero-order valence-corrected chi connectivity index (χ0v) is 11.2. The largest absolute Gasteiger partial charge is 0.433 e. The molecule has 0 aromatic carbocycles. The number of anilines is 1. The third kappa shape index (κ3) is 3.84. The molecular weight excluding hydrogens is 287 g/mol. The van der Waals surface area contributed by atoms with Gasteiger partial charge in [0.2, 0.25) is 0 Å². The Morgan fingerprint density at radius 2 is 2.14 bits per heavy atom. The molecule has 2 unspecified atom stereocenters. The number of nitrogens with zero attached hydrogens (tertiary/aromatic N) is 1. The average molecular weight is 303 g/mol.